The molecule has 4 rings (SSSR count). The molecule has 0 saturated heterocycles. The molecular weight excluding hydrogens is 447 g/mol. The first-order valence-electron chi connectivity index (χ1n) is 10.0. The summed E-state index contributed by atoms with van der Waals surface area (Å²) < 4.78 is 8.91. The van der Waals surface area contributed by atoms with E-state index < -0.39 is 0 Å². The molecule has 0 amide bonds. The minimum Gasteiger partial charge on any atom is -0.452 e. The molecule has 1 aliphatic carbocycles. The molecule has 4 nitrogen and oxygen atoms in total. The zero-order valence-corrected chi connectivity index (χ0v) is 20.2. The topological polar surface area (TPSA) is 19.7 Å². The predicted octanol–water partition coefficient (Wildman–Crippen LogP) is 6.70. The summed E-state index contributed by atoms with van der Waals surface area (Å²) in [5.41, 5.74) is 2.46. The van der Waals surface area contributed by atoms with E-state index in [4.69, 9.17) is 0 Å². The van der Waals surface area contributed by atoms with Gasteiger partial charge in [-0.3, -0.25) is 0 Å². The Morgan fingerprint density at radius 1 is 0.690 bits per heavy atom. The summed E-state index contributed by atoms with van der Waals surface area (Å²) >= 11 is 0. The Bertz CT molecular complexity index is 721. The van der Waals surface area contributed by atoms with Gasteiger partial charge in [-0.25, -0.2) is 0 Å². The molecule has 0 atom stereocenters. The normalized spacial score (nSPS) is 13.9. The van der Waals surface area contributed by atoms with Gasteiger partial charge < -0.3 is 33.4 Å². The van der Waals surface area contributed by atoms with Gasteiger partial charge in [-0.05, 0) is 64.3 Å². The van der Waals surface area contributed by atoms with Crippen molar-refractivity contribution < 1.29 is 19.5 Å². The summed E-state index contributed by atoms with van der Waals surface area (Å²) in [6, 6.07) is 4.36. The van der Waals surface area contributed by atoms with Crippen LogP contribution in [0.15, 0.2) is 61.5 Å². The predicted molar refractivity (Wildman–Crippen MR) is 122 cm³/mol. The second-order valence-electron chi connectivity index (χ2n) is 6.93. The Balaban J connectivity index is 0.000000616. The standard InChI is InChI=1S/C14H20N4.C8H12.2CH3.Rh/c1-3-7-15-9-13-5-6-14-10-16(8-4-2)12-18(14)17(13)11-15;1-2-4-6-8-7-5-3-1;;;/h5-6,9-12H,3-4,7-8H2,1-2H3;1-2,7-8H,3-6H2;2*1H3;/q-2;;2*-1;/b;2-1-,8-7?;;;. The molecule has 0 aromatic rings. The van der Waals surface area contributed by atoms with Gasteiger partial charge in [-0.2, -0.15) is 0 Å². The zero-order chi connectivity index (χ0) is 18.2. The molecule has 0 unspecified atom stereocenters. The van der Waals surface area contributed by atoms with E-state index in [-0.39, 0.29) is 34.3 Å². The maximum atomic E-state index is 2.27. The molecule has 1 radical (unpaired) electrons. The molecule has 3 aliphatic heterocycles. The average Bonchev–Trinajstić information content (AvgIpc) is 3.18. The quantitative estimate of drug-likeness (QED) is 0.223. The number of hydrogen-bond donors (Lipinski definition) is 0. The number of allylic oxidation sites excluding steroid dienone is 4. The van der Waals surface area contributed by atoms with Gasteiger partial charge in [0.1, 0.15) is 0 Å². The van der Waals surface area contributed by atoms with Crippen molar-refractivity contribution >= 4 is 0 Å². The van der Waals surface area contributed by atoms with Gasteiger partial charge in [-0.15, -0.1) is 24.5 Å². The van der Waals surface area contributed by atoms with Gasteiger partial charge in [0.2, 0.25) is 0 Å². The van der Waals surface area contributed by atoms with Gasteiger partial charge in [0, 0.05) is 19.5 Å². The fraction of sp³-hybridized carbons (Fsp3) is 0.417. The SMILES string of the molecule is C1=CCC/C=C\CC1.CCCn1cc2ccc3cn(CCC)[cH-]n-3n-2[cH-]1.[CH3-].[CH3-].[Rh]. The number of imidazole rings is 2. The van der Waals surface area contributed by atoms with Gasteiger partial charge >= 0.3 is 0 Å². The van der Waals surface area contributed by atoms with Crippen molar-refractivity contribution in [3.8, 4) is 11.4 Å². The minimum absolute atomic E-state index is 0. The smallest absolute Gasteiger partial charge is 0 e. The van der Waals surface area contributed by atoms with Crippen molar-refractivity contribution in [1.82, 2.24) is 18.5 Å². The molecule has 4 aliphatic rings. The van der Waals surface area contributed by atoms with Crippen LogP contribution in [0.3, 0.4) is 0 Å². The van der Waals surface area contributed by atoms with E-state index in [0.29, 0.717) is 0 Å². The van der Waals surface area contributed by atoms with E-state index in [1.165, 1.54) is 37.1 Å². The molecule has 0 bridgehead atoms. The number of hydrogen-bond acceptors (Lipinski definition) is 0. The molecule has 5 heteroatoms. The van der Waals surface area contributed by atoms with Crippen LogP contribution < -0.4 is 0 Å². The first-order chi connectivity index (χ1) is 12.8. The van der Waals surface area contributed by atoms with Gasteiger partial charge in [0.15, 0.2) is 0 Å². The van der Waals surface area contributed by atoms with Crippen LogP contribution in [0.5, 0.6) is 0 Å². The number of rotatable bonds is 4. The summed E-state index contributed by atoms with van der Waals surface area (Å²) in [5, 5.41) is 0. The monoisotopic (exact) mass is 485 g/mol. The van der Waals surface area contributed by atoms with Crippen molar-refractivity contribution in [2.45, 2.75) is 65.5 Å². The molecule has 0 spiro atoms. The molecule has 3 heterocycles. The van der Waals surface area contributed by atoms with E-state index in [2.05, 4.69) is 93.8 Å². The van der Waals surface area contributed by atoms with Crippen LogP contribution in [0.1, 0.15) is 52.4 Å². The summed E-state index contributed by atoms with van der Waals surface area (Å²) in [6.07, 6.45) is 25.1. The van der Waals surface area contributed by atoms with Crippen LogP contribution in [-0.4, -0.2) is 18.5 Å². The van der Waals surface area contributed by atoms with Crippen molar-refractivity contribution in [2.75, 3.05) is 0 Å². The van der Waals surface area contributed by atoms with Crippen LogP contribution in [0, 0.1) is 14.9 Å². The molecule has 0 saturated carbocycles. The van der Waals surface area contributed by atoms with Crippen molar-refractivity contribution in [3.05, 3.63) is 76.3 Å². The first-order valence-corrected chi connectivity index (χ1v) is 10.0. The van der Waals surface area contributed by atoms with Crippen LogP contribution in [-0.2, 0) is 32.6 Å². The van der Waals surface area contributed by atoms with Crippen LogP contribution in [0.4, 0.5) is 0 Å². The molecule has 0 N–H and O–H groups in total. The maximum absolute atomic E-state index is 2.27. The molecule has 0 aromatic carbocycles. The number of fused-ring (bicyclic) bond motifs is 3. The van der Waals surface area contributed by atoms with Crippen LogP contribution >= 0.6 is 0 Å². The van der Waals surface area contributed by atoms with Gasteiger partial charge in [-0.1, -0.05) is 49.5 Å². The third-order valence-corrected chi connectivity index (χ3v) is 4.59. The Kier molecular flexibility index (Phi) is 13.4. The van der Waals surface area contributed by atoms with E-state index in [0.717, 1.165) is 25.9 Å². The Morgan fingerprint density at radius 3 is 1.34 bits per heavy atom. The summed E-state index contributed by atoms with van der Waals surface area (Å²) in [6.45, 7) is 6.55. The Hall–Kier alpha value is -1.74. The molecule has 0 aromatic heterocycles. The first kappa shape index (κ1) is 27.3. The average molecular weight is 486 g/mol. The van der Waals surface area contributed by atoms with Crippen molar-refractivity contribution in [1.29, 1.82) is 0 Å². The summed E-state index contributed by atoms with van der Waals surface area (Å²) in [5.74, 6) is 0. The van der Waals surface area contributed by atoms with Crippen molar-refractivity contribution in [3.63, 3.8) is 0 Å². The summed E-state index contributed by atoms with van der Waals surface area (Å²) in [4.78, 5) is 0. The second kappa shape index (κ2) is 14.3. The van der Waals surface area contributed by atoms with E-state index in [1.807, 2.05) is 0 Å². The number of nitrogens with zero attached hydrogens (tertiary/aromatic N) is 4. The number of aromatic nitrogens is 4. The molecule has 29 heavy (non-hydrogen) atoms. The Morgan fingerprint density at radius 2 is 1.03 bits per heavy atom. The largest absolute Gasteiger partial charge is 0.452 e. The third kappa shape index (κ3) is 7.55. The van der Waals surface area contributed by atoms with Crippen molar-refractivity contribution in [2.24, 2.45) is 0 Å². The fourth-order valence-corrected chi connectivity index (χ4v) is 3.33. The van der Waals surface area contributed by atoms with E-state index in [1.54, 1.807) is 0 Å². The Labute approximate surface area is 191 Å². The molecule has 167 valence electrons. The van der Waals surface area contributed by atoms with Crippen LogP contribution in [0.2, 0.25) is 0 Å². The van der Waals surface area contributed by atoms with E-state index in [9.17, 15) is 0 Å². The summed E-state index contributed by atoms with van der Waals surface area (Å²) in [7, 11) is 0. The molecule has 0 fully saturated rings. The van der Waals surface area contributed by atoms with Crippen LogP contribution in [0.25, 0.3) is 11.4 Å². The second-order valence-corrected chi connectivity index (χ2v) is 6.93. The zero-order valence-electron chi connectivity index (χ0n) is 18.6. The number of aryl methyl sites for hydroxylation is 2. The maximum Gasteiger partial charge on any atom is 0 e. The van der Waals surface area contributed by atoms with Gasteiger partial charge in [0.05, 0.1) is 0 Å². The third-order valence-electron chi connectivity index (χ3n) is 4.59. The minimum atomic E-state index is 0. The molecular formula is C24H38N4Rh-4. The van der Waals surface area contributed by atoms with E-state index >= 15 is 0 Å². The van der Waals surface area contributed by atoms with Gasteiger partial charge in [0.25, 0.3) is 0 Å². The fourth-order valence-electron chi connectivity index (χ4n) is 3.33.